The van der Waals surface area contributed by atoms with Gasteiger partial charge in [-0.05, 0) is 101 Å². The number of anilines is 1. The van der Waals surface area contributed by atoms with Gasteiger partial charge in [0.05, 0.1) is 10.5 Å². The lowest BCUT2D eigenvalue weighted by molar-refractivity contribution is -0.155. The number of aryl methyl sites for hydroxylation is 2. The van der Waals surface area contributed by atoms with E-state index in [0.29, 0.717) is 11.3 Å². The number of esters is 1. The number of hydrogen-bond acceptors (Lipinski definition) is 7. The minimum Gasteiger partial charge on any atom is -0.488 e. The number of nitrogens with zero attached hydrogens (tertiary/aromatic N) is 2. The zero-order valence-electron chi connectivity index (χ0n) is 26.1. The molecule has 2 N–H and O–H groups in total. The number of hydrogen-bond donors (Lipinski definition) is 2. The number of carbonyl (C=O) groups is 2. The molecule has 1 heterocycles. The molecule has 43 heavy (non-hydrogen) atoms. The van der Waals surface area contributed by atoms with Gasteiger partial charge >= 0.3 is 11.9 Å². The van der Waals surface area contributed by atoms with E-state index in [1.165, 1.54) is 5.56 Å². The molecule has 0 radical (unpaired) electrons. The molecule has 0 saturated carbocycles. The summed E-state index contributed by atoms with van der Waals surface area (Å²) in [4.78, 5) is 31.4. The van der Waals surface area contributed by atoms with Crippen molar-refractivity contribution < 1.29 is 28.4 Å². The molecule has 2 aromatic carbocycles. The van der Waals surface area contributed by atoms with Crippen molar-refractivity contribution in [2.75, 3.05) is 4.72 Å². The highest BCUT2D eigenvalue weighted by molar-refractivity contribution is 7.86. The van der Waals surface area contributed by atoms with Gasteiger partial charge in [0, 0.05) is 18.8 Å². The highest BCUT2D eigenvalue weighted by atomic mass is 32.2. The number of ether oxygens (including phenoxy) is 2. The average Bonchev–Trinajstić information content (AvgIpc) is 2.90. The monoisotopic (exact) mass is 609 g/mol. The van der Waals surface area contributed by atoms with Gasteiger partial charge in [-0.3, -0.25) is 9.52 Å². The predicted octanol–water partition coefficient (Wildman–Crippen LogP) is 6.79. The van der Waals surface area contributed by atoms with Gasteiger partial charge in [-0.25, -0.2) is 19.0 Å². The van der Waals surface area contributed by atoms with E-state index < -0.39 is 28.2 Å². The summed E-state index contributed by atoms with van der Waals surface area (Å²) in [6.07, 6.45) is 5.86. The first-order chi connectivity index (χ1) is 20.0. The molecule has 3 rings (SSSR count). The maximum Gasteiger partial charge on any atom is 0.338 e. The van der Waals surface area contributed by atoms with Crippen LogP contribution < -0.4 is 9.46 Å². The van der Waals surface area contributed by atoms with E-state index in [-0.39, 0.29) is 22.9 Å². The molecular formula is C33H43N3O6S. The van der Waals surface area contributed by atoms with E-state index in [1.807, 2.05) is 45.0 Å². The van der Waals surface area contributed by atoms with Gasteiger partial charge in [0.25, 0.3) is 0 Å². The molecule has 0 aliphatic carbocycles. The number of benzene rings is 2. The van der Waals surface area contributed by atoms with Crippen molar-refractivity contribution in [3.05, 3.63) is 77.6 Å². The van der Waals surface area contributed by atoms with Gasteiger partial charge in [-0.2, -0.15) is 0 Å². The molecule has 1 unspecified atom stereocenters. The molecule has 0 aliphatic heterocycles. The largest absolute Gasteiger partial charge is 0.488 e. The predicted molar refractivity (Wildman–Crippen MR) is 167 cm³/mol. The zero-order valence-corrected chi connectivity index (χ0v) is 26.9. The van der Waals surface area contributed by atoms with Gasteiger partial charge in [0.15, 0.2) is 11.0 Å². The summed E-state index contributed by atoms with van der Waals surface area (Å²) in [5.74, 6) is -0.404. The summed E-state index contributed by atoms with van der Waals surface area (Å²) in [6, 6.07) is 15.6. The third-order valence-corrected chi connectivity index (χ3v) is 7.64. The topological polar surface area (TPSA) is 128 Å². The SMILES string of the molecule is CC(C)(CCC(=O)OC(C)(C)C)CC(C)(C)Oc1ccc(CCc2ccc(S(=O)Nc3ncc(C(=O)O)cn3)cc2)cc1. The van der Waals surface area contributed by atoms with E-state index in [2.05, 4.69) is 54.5 Å². The maximum atomic E-state index is 12.6. The Labute approximate surface area is 257 Å². The molecule has 0 saturated heterocycles. The first-order valence-corrected chi connectivity index (χ1v) is 15.5. The first kappa shape index (κ1) is 33.7. The molecular weight excluding hydrogens is 566 g/mol. The Morgan fingerprint density at radius 1 is 0.860 bits per heavy atom. The number of carbonyl (C=O) groups excluding carboxylic acids is 1. The van der Waals surface area contributed by atoms with Crippen molar-refractivity contribution in [2.24, 2.45) is 5.41 Å². The smallest absolute Gasteiger partial charge is 0.338 e. The number of nitrogens with one attached hydrogen (secondary N) is 1. The molecule has 1 atom stereocenters. The van der Waals surface area contributed by atoms with E-state index in [9.17, 15) is 13.8 Å². The number of aromatic nitrogens is 2. The van der Waals surface area contributed by atoms with Crippen LogP contribution in [0.25, 0.3) is 0 Å². The van der Waals surface area contributed by atoms with Crippen LogP contribution in [0.15, 0.2) is 65.8 Å². The fraction of sp³-hybridized carbons (Fsp3) is 0.455. The summed E-state index contributed by atoms with van der Waals surface area (Å²) in [7, 11) is -1.58. The van der Waals surface area contributed by atoms with Crippen molar-refractivity contribution in [3.8, 4) is 5.75 Å². The molecule has 1 aromatic heterocycles. The number of carboxylic acids is 1. The van der Waals surface area contributed by atoms with Crippen LogP contribution >= 0.6 is 0 Å². The lowest BCUT2D eigenvalue weighted by atomic mass is 9.78. The highest BCUT2D eigenvalue weighted by Gasteiger charge is 2.31. The molecule has 0 fully saturated rings. The van der Waals surface area contributed by atoms with E-state index >= 15 is 0 Å². The van der Waals surface area contributed by atoms with E-state index in [0.717, 1.165) is 49.4 Å². The van der Waals surface area contributed by atoms with E-state index in [1.54, 1.807) is 12.1 Å². The number of rotatable bonds is 14. The Balaban J connectivity index is 1.47. The summed E-state index contributed by atoms with van der Waals surface area (Å²) in [5.41, 5.74) is 1.26. The van der Waals surface area contributed by atoms with Gasteiger partial charge in [0.2, 0.25) is 5.95 Å². The fourth-order valence-corrected chi connectivity index (χ4v) is 5.63. The van der Waals surface area contributed by atoms with Crippen LogP contribution in [0.3, 0.4) is 0 Å². The Kier molecular flexibility index (Phi) is 11.1. The zero-order chi connectivity index (χ0) is 31.8. The van der Waals surface area contributed by atoms with Gasteiger partial charge < -0.3 is 14.6 Å². The van der Waals surface area contributed by atoms with Gasteiger partial charge in [-0.1, -0.05) is 38.1 Å². The van der Waals surface area contributed by atoms with Crippen molar-refractivity contribution >= 4 is 28.9 Å². The Morgan fingerprint density at radius 2 is 1.40 bits per heavy atom. The molecule has 0 bridgehead atoms. The van der Waals surface area contributed by atoms with Crippen LogP contribution in [0.5, 0.6) is 5.75 Å². The Hall–Kier alpha value is -3.79. The minimum atomic E-state index is -1.58. The summed E-state index contributed by atoms with van der Waals surface area (Å²) in [5, 5.41) is 8.94. The minimum absolute atomic E-state index is 0.0421. The molecule has 0 amide bonds. The van der Waals surface area contributed by atoms with Crippen molar-refractivity contribution in [1.82, 2.24) is 9.97 Å². The van der Waals surface area contributed by atoms with Gasteiger partial charge in [-0.15, -0.1) is 0 Å². The molecule has 9 nitrogen and oxygen atoms in total. The highest BCUT2D eigenvalue weighted by Crippen LogP contribution is 2.35. The van der Waals surface area contributed by atoms with Gasteiger partial charge in [0.1, 0.15) is 17.0 Å². The maximum absolute atomic E-state index is 12.6. The van der Waals surface area contributed by atoms with Crippen molar-refractivity contribution in [1.29, 1.82) is 0 Å². The summed E-state index contributed by atoms with van der Waals surface area (Å²) >= 11 is 0. The van der Waals surface area contributed by atoms with Crippen LogP contribution in [0.1, 0.15) is 89.2 Å². The molecule has 10 heteroatoms. The summed E-state index contributed by atoms with van der Waals surface area (Å²) in [6.45, 7) is 14.1. The molecule has 3 aromatic rings. The van der Waals surface area contributed by atoms with Crippen LogP contribution in [0.2, 0.25) is 0 Å². The lowest BCUT2D eigenvalue weighted by Gasteiger charge is -2.35. The average molecular weight is 610 g/mol. The lowest BCUT2D eigenvalue weighted by Crippen LogP contribution is -2.35. The normalized spacial score (nSPS) is 12.8. The Morgan fingerprint density at radius 3 is 1.91 bits per heavy atom. The molecule has 232 valence electrons. The molecule has 0 spiro atoms. The third-order valence-electron chi connectivity index (χ3n) is 6.57. The second-order valence-electron chi connectivity index (χ2n) is 13.0. The molecule has 0 aliphatic rings. The first-order valence-electron chi connectivity index (χ1n) is 14.3. The van der Waals surface area contributed by atoms with Crippen LogP contribution in [-0.4, -0.2) is 42.4 Å². The van der Waals surface area contributed by atoms with Crippen LogP contribution in [0, 0.1) is 5.41 Å². The van der Waals surface area contributed by atoms with Crippen molar-refractivity contribution in [3.63, 3.8) is 0 Å². The fourth-order valence-electron chi connectivity index (χ4n) is 4.85. The summed E-state index contributed by atoms with van der Waals surface area (Å²) < 4.78 is 27.1. The van der Waals surface area contributed by atoms with Crippen LogP contribution in [0.4, 0.5) is 5.95 Å². The second-order valence-corrected chi connectivity index (χ2v) is 14.3. The van der Waals surface area contributed by atoms with Crippen LogP contribution in [-0.2, 0) is 33.4 Å². The van der Waals surface area contributed by atoms with E-state index in [4.69, 9.17) is 14.6 Å². The quantitative estimate of drug-likeness (QED) is 0.191. The second kappa shape index (κ2) is 14.1. The number of carboxylic acid groups (broad SMARTS) is 1. The third kappa shape index (κ3) is 11.8. The standard InChI is InChI=1S/C33H43N3O6S/c1-31(2,3)42-28(37)18-19-32(4,5)22-33(6,7)41-26-14-10-23(11-15-26)8-9-24-12-16-27(17-13-24)43(40)36-30-34-20-25(21-35-30)29(38)39/h10-17,20-21H,8-9,18-19,22H2,1-7H3,(H,38,39)(H,34,35,36). The Bertz CT molecular complexity index is 1400. The number of aromatic carboxylic acids is 1. The van der Waals surface area contributed by atoms with Crippen molar-refractivity contribution in [2.45, 2.75) is 96.7 Å².